The number of benzene rings is 1. The molecule has 2 rings (SSSR count). The maximum atomic E-state index is 13.3. The van der Waals surface area contributed by atoms with E-state index in [0.29, 0.717) is 11.4 Å². The lowest BCUT2D eigenvalue weighted by atomic mass is 10.1. The van der Waals surface area contributed by atoms with Gasteiger partial charge in [0.15, 0.2) is 0 Å². The number of rotatable bonds is 2. The topological polar surface area (TPSA) is 27.1 Å². The quantitative estimate of drug-likeness (QED) is 0.606. The number of amidine groups is 1. The molecule has 0 bridgehead atoms. The van der Waals surface area contributed by atoms with Crippen molar-refractivity contribution in [2.45, 2.75) is 19.3 Å². The Kier molecular flexibility index (Phi) is 3.17. The summed E-state index contributed by atoms with van der Waals surface area (Å²) in [7, 11) is 0. The van der Waals surface area contributed by atoms with Gasteiger partial charge in [-0.2, -0.15) is 0 Å². The summed E-state index contributed by atoms with van der Waals surface area (Å²) < 4.78 is 26.0. The Hall–Kier alpha value is -1.45. The molecule has 4 heteroatoms. The van der Waals surface area contributed by atoms with Gasteiger partial charge in [-0.1, -0.05) is 6.07 Å². The second-order valence-corrected chi connectivity index (χ2v) is 4.05. The number of nitrogens with one attached hydrogen (secondary N) is 1. The predicted molar refractivity (Wildman–Crippen MR) is 58.6 cm³/mol. The van der Waals surface area contributed by atoms with Crippen LogP contribution in [0.4, 0.5) is 8.78 Å². The summed E-state index contributed by atoms with van der Waals surface area (Å²) in [6.45, 7) is 1.75. The smallest absolute Gasteiger partial charge is 0.129 e. The third-order valence-corrected chi connectivity index (χ3v) is 2.86. The van der Waals surface area contributed by atoms with Crippen LogP contribution in [0, 0.1) is 17.0 Å². The summed E-state index contributed by atoms with van der Waals surface area (Å²) in [5.74, 6) is -0.721. The molecule has 1 heterocycles. The zero-order valence-corrected chi connectivity index (χ0v) is 8.97. The van der Waals surface area contributed by atoms with Gasteiger partial charge in [-0.3, -0.25) is 5.41 Å². The van der Waals surface area contributed by atoms with Crippen LogP contribution in [0.5, 0.6) is 0 Å². The Labute approximate surface area is 93.4 Å². The second kappa shape index (κ2) is 4.60. The largest absolute Gasteiger partial charge is 0.360 e. The van der Waals surface area contributed by atoms with E-state index in [1.807, 2.05) is 4.90 Å². The summed E-state index contributed by atoms with van der Waals surface area (Å²) >= 11 is 0. The van der Waals surface area contributed by atoms with E-state index in [0.717, 1.165) is 32.0 Å². The van der Waals surface area contributed by atoms with Crippen LogP contribution < -0.4 is 0 Å². The van der Waals surface area contributed by atoms with Crippen LogP contribution in [-0.2, 0) is 6.42 Å². The fraction of sp³-hybridized carbons (Fsp3) is 0.417. The van der Waals surface area contributed by atoms with Gasteiger partial charge in [0, 0.05) is 25.6 Å². The van der Waals surface area contributed by atoms with Gasteiger partial charge < -0.3 is 4.90 Å². The normalized spacial score (nSPS) is 15.5. The van der Waals surface area contributed by atoms with Gasteiger partial charge in [0.2, 0.25) is 0 Å². The SMILES string of the molecule is N=C(Cc1ccc(F)cc1F)N1CCCC1. The van der Waals surface area contributed by atoms with Gasteiger partial charge in [0.25, 0.3) is 0 Å². The molecule has 0 saturated carbocycles. The van der Waals surface area contributed by atoms with Crippen LogP contribution in [0.3, 0.4) is 0 Å². The minimum Gasteiger partial charge on any atom is -0.360 e. The van der Waals surface area contributed by atoms with Gasteiger partial charge in [-0.15, -0.1) is 0 Å². The molecule has 0 aromatic heterocycles. The highest BCUT2D eigenvalue weighted by Crippen LogP contribution is 2.14. The lowest BCUT2D eigenvalue weighted by molar-refractivity contribution is 0.503. The van der Waals surface area contributed by atoms with Crippen LogP contribution in [0.25, 0.3) is 0 Å². The summed E-state index contributed by atoms with van der Waals surface area (Å²) in [5, 5.41) is 7.84. The Morgan fingerprint density at radius 3 is 2.56 bits per heavy atom. The highest BCUT2D eigenvalue weighted by molar-refractivity contribution is 5.81. The van der Waals surface area contributed by atoms with E-state index in [2.05, 4.69) is 0 Å². The monoisotopic (exact) mass is 224 g/mol. The first-order chi connectivity index (χ1) is 7.66. The number of hydrogen-bond acceptors (Lipinski definition) is 1. The van der Waals surface area contributed by atoms with Crippen LogP contribution in [-0.4, -0.2) is 23.8 Å². The minimum absolute atomic E-state index is 0.242. The highest BCUT2D eigenvalue weighted by atomic mass is 19.1. The first-order valence-corrected chi connectivity index (χ1v) is 5.43. The summed E-state index contributed by atoms with van der Waals surface area (Å²) in [5.41, 5.74) is 0.387. The van der Waals surface area contributed by atoms with Crippen molar-refractivity contribution in [2.75, 3.05) is 13.1 Å². The molecular weight excluding hydrogens is 210 g/mol. The van der Waals surface area contributed by atoms with Crippen molar-refractivity contribution in [3.8, 4) is 0 Å². The molecule has 16 heavy (non-hydrogen) atoms. The number of nitrogens with zero attached hydrogens (tertiary/aromatic N) is 1. The van der Waals surface area contributed by atoms with Gasteiger partial charge in [-0.05, 0) is 24.5 Å². The Balaban J connectivity index is 2.05. The fourth-order valence-corrected chi connectivity index (χ4v) is 1.94. The number of hydrogen-bond donors (Lipinski definition) is 1. The molecule has 0 radical (unpaired) electrons. The van der Waals surface area contributed by atoms with Gasteiger partial charge in [-0.25, -0.2) is 8.78 Å². The van der Waals surface area contributed by atoms with E-state index < -0.39 is 11.6 Å². The van der Waals surface area contributed by atoms with Crippen molar-refractivity contribution in [3.63, 3.8) is 0 Å². The molecule has 1 aliphatic heterocycles. The third-order valence-electron chi connectivity index (χ3n) is 2.86. The molecule has 86 valence electrons. The zero-order valence-electron chi connectivity index (χ0n) is 8.97. The molecule has 1 N–H and O–H groups in total. The maximum absolute atomic E-state index is 13.3. The Morgan fingerprint density at radius 2 is 1.94 bits per heavy atom. The van der Waals surface area contributed by atoms with Gasteiger partial charge in [0.1, 0.15) is 17.5 Å². The van der Waals surface area contributed by atoms with Crippen molar-refractivity contribution in [1.29, 1.82) is 5.41 Å². The van der Waals surface area contributed by atoms with Crippen molar-refractivity contribution in [2.24, 2.45) is 0 Å². The standard InChI is InChI=1S/C12H14F2N2/c13-10-4-3-9(11(14)8-10)7-12(15)16-5-1-2-6-16/h3-4,8,15H,1-2,5-7H2. The molecule has 0 amide bonds. The Bertz CT molecular complexity index is 398. The first kappa shape index (κ1) is 11.0. The van der Waals surface area contributed by atoms with Crippen LogP contribution in [0.1, 0.15) is 18.4 Å². The molecule has 1 fully saturated rings. The molecule has 1 aliphatic rings. The van der Waals surface area contributed by atoms with Gasteiger partial charge in [0.05, 0.1) is 0 Å². The molecule has 0 unspecified atom stereocenters. The minimum atomic E-state index is -0.575. The molecule has 1 aromatic rings. The van der Waals surface area contributed by atoms with E-state index >= 15 is 0 Å². The second-order valence-electron chi connectivity index (χ2n) is 4.05. The zero-order chi connectivity index (χ0) is 11.5. The first-order valence-electron chi connectivity index (χ1n) is 5.43. The molecule has 1 saturated heterocycles. The molecule has 0 aliphatic carbocycles. The van der Waals surface area contributed by atoms with E-state index in [4.69, 9.17) is 5.41 Å². The molecular formula is C12H14F2N2. The summed E-state index contributed by atoms with van der Waals surface area (Å²) in [6.07, 6.45) is 2.43. The molecule has 1 aromatic carbocycles. The lowest BCUT2D eigenvalue weighted by Crippen LogP contribution is -2.28. The van der Waals surface area contributed by atoms with Crippen LogP contribution in [0.2, 0.25) is 0 Å². The summed E-state index contributed by atoms with van der Waals surface area (Å²) in [4.78, 5) is 1.95. The predicted octanol–water partition coefficient (Wildman–Crippen LogP) is 2.58. The van der Waals surface area contributed by atoms with E-state index in [-0.39, 0.29) is 6.42 Å². The van der Waals surface area contributed by atoms with Crippen molar-refractivity contribution >= 4 is 5.84 Å². The van der Waals surface area contributed by atoms with Crippen LogP contribution in [0.15, 0.2) is 18.2 Å². The van der Waals surface area contributed by atoms with Gasteiger partial charge >= 0.3 is 0 Å². The lowest BCUT2D eigenvalue weighted by Gasteiger charge is -2.18. The average molecular weight is 224 g/mol. The number of halogens is 2. The van der Waals surface area contributed by atoms with E-state index in [9.17, 15) is 8.78 Å². The number of likely N-dealkylation sites (tertiary alicyclic amines) is 1. The van der Waals surface area contributed by atoms with Crippen molar-refractivity contribution in [1.82, 2.24) is 4.90 Å². The van der Waals surface area contributed by atoms with Crippen molar-refractivity contribution in [3.05, 3.63) is 35.4 Å². The third kappa shape index (κ3) is 2.38. The fourth-order valence-electron chi connectivity index (χ4n) is 1.94. The molecule has 0 atom stereocenters. The molecule has 2 nitrogen and oxygen atoms in total. The highest BCUT2D eigenvalue weighted by Gasteiger charge is 2.16. The van der Waals surface area contributed by atoms with Crippen molar-refractivity contribution < 1.29 is 8.78 Å². The molecule has 0 spiro atoms. The van der Waals surface area contributed by atoms with Crippen LogP contribution >= 0.6 is 0 Å². The van der Waals surface area contributed by atoms with E-state index in [1.54, 1.807) is 0 Å². The van der Waals surface area contributed by atoms with E-state index in [1.165, 1.54) is 12.1 Å². The Morgan fingerprint density at radius 1 is 1.25 bits per heavy atom. The maximum Gasteiger partial charge on any atom is 0.129 e. The average Bonchev–Trinajstić information content (AvgIpc) is 2.75. The summed E-state index contributed by atoms with van der Waals surface area (Å²) in [6, 6.07) is 3.51.